The number of amides is 1. The molecule has 0 bridgehead atoms. The van der Waals surface area contributed by atoms with Crippen LogP contribution in [0.2, 0.25) is 5.02 Å². The van der Waals surface area contributed by atoms with Gasteiger partial charge in [0.05, 0.1) is 6.61 Å². The fraction of sp³-hybridized carbons (Fsp3) is 0.455. The van der Waals surface area contributed by atoms with Crippen molar-refractivity contribution in [2.45, 2.75) is 60.3 Å². The summed E-state index contributed by atoms with van der Waals surface area (Å²) in [6.45, 7) is 9.96. The molecule has 1 N–H and O–H groups in total. The van der Waals surface area contributed by atoms with E-state index < -0.39 is 0 Å². The van der Waals surface area contributed by atoms with Gasteiger partial charge < -0.3 is 15.3 Å². The molecule has 0 aliphatic rings. The third-order valence-electron chi connectivity index (χ3n) is 4.82. The van der Waals surface area contributed by atoms with Gasteiger partial charge in [-0.15, -0.1) is 0 Å². The molecule has 0 saturated carbocycles. The topological polar surface area (TPSA) is 65.3 Å². The molecule has 0 aliphatic heterocycles. The molecule has 28 heavy (non-hydrogen) atoms. The van der Waals surface area contributed by atoms with Crippen LogP contribution in [0.1, 0.15) is 66.5 Å². The number of pyridine rings is 1. The first-order valence-electron chi connectivity index (χ1n) is 9.83. The molecule has 0 unspecified atom stereocenters. The van der Waals surface area contributed by atoms with Crippen LogP contribution in [-0.4, -0.2) is 12.5 Å². The number of carbonyl (C=O) groups excluding carboxylic acids is 1. The average Bonchev–Trinajstić information content (AvgIpc) is 2.67. The molecule has 2 rings (SSSR count). The molecule has 6 heteroatoms. The molecule has 0 saturated heterocycles. The Labute approximate surface area is 172 Å². The second-order valence-corrected chi connectivity index (χ2v) is 7.30. The van der Waals surface area contributed by atoms with Gasteiger partial charge in [-0.25, -0.2) is 0 Å². The number of ether oxygens (including phenoxy) is 1. The first kappa shape index (κ1) is 22.0. The molecule has 0 aliphatic carbocycles. The monoisotopic (exact) mass is 404 g/mol. The van der Waals surface area contributed by atoms with Crippen molar-refractivity contribution in [3.8, 4) is 5.75 Å². The van der Waals surface area contributed by atoms with Crippen LogP contribution in [0.5, 0.6) is 5.75 Å². The van der Waals surface area contributed by atoms with Crippen LogP contribution >= 0.6 is 11.6 Å². The zero-order chi connectivity index (χ0) is 20.8. The summed E-state index contributed by atoms with van der Waals surface area (Å²) >= 11 is 6.22. The Balaban J connectivity index is 2.48. The lowest BCUT2D eigenvalue weighted by molar-refractivity contribution is -0.619. The summed E-state index contributed by atoms with van der Waals surface area (Å²) in [5.41, 5.74) is 3.79. The minimum Gasteiger partial charge on any atom is -0.618 e. The summed E-state index contributed by atoms with van der Waals surface area (Å²) in [4.78, 5) is 13.2. The molecule has 5 nitrogen and oxygen atoms in total. The second kappa shape index (κ2) is 9.78. The molecule has 0 radical (unpaired) electrons. The maximum Gasteiger partial charge on any atom is 0.265 e. The van der Waals surface area contributed by atoms with Crippen molar-refractivity contribution < 1.29 is 14.3 Å². The Morgan fingerprint density at radius 2 is 1.75 bits per heavy atom. The van der Waals surface area contributed by atoms with Crippen molar-refractivity contribution in [2.75, 3.05) is 11.9 Å². The van der Waals surface area contributed by atoms with Crippen LogP contribution in [0.15, 0.2) is 18.2 Å². The van der Waals surface area contributed by atoms with Gasteiger partial charge in [-0.2, -0.15) is 4.73 Å². The number of anilines is 1. The number of hydrogen-bond acceptors (Lipinski definition) is 3. The maximum absolute atomic E-state index is 13.2. The summed E-state index contributed by atoms with van der Waals surface area (Å²) in [7, 11) is 0. The number of halogens is 1. The highest BCUT2D eigenvalue weighted by molar-refractivity contribution is 6.30. The van der Waals surface area contributed by atoms with Gasteiger partial charge >= 0.3 is 0 Å². The molecular weight excluding hydrogens is 376 g/mol. The van der Waals surface area contributed by atoms with Crippen LogP contribution < -0.4 is 14.8 Å². The second-order valence-electron chi connectivity index (χ2n) is 6.87. The van der Waals surface area contributed by atoms with Crippen LogP contribution in [-0.2, 0) is 12.8 Å². The van der Waals surface area contributed by atoms with E-state index >= 15 is 0 Å². The van der Waals surface area contributed by atoms with E-state index in [1.54, 1.807) is 19.9 Å². The first-order valence-corrected chi connectivity index (χ1v) is 10.2. The molecule has 0 spiro atoms. The lowest BCUT2D eigenvalue weighted by Gasteiger charge is -2.18. The van der Waals surface area contributed by atoms with Gasteiger partial charge in [-0.05, 0) is 42.5 Å². The van der Waals surface area contributed by atoms with Gasteiger partial charge in [0.2, 0.25) is 5.69 Å². The largest absolute Gasteiger partial charge is 0.618 e. The van der Waals surface area contributed by atoms with Gasteiger partial charge in [-0.3, -0.25) is 4.79 Å². The number of hydrogen-bond donors (Lipinski definition) is 1. The van der Waals surface area contributed by atoms with E-state index in [4.69, 9.17) is 16.3 Å². The Morgan fingerprint density at radius 1 is 1.14 bits per heavy atom. The number of rotatable bonds is 8. The van der Waals surface area contributed by atoms with Crippen molar-refractivity contribution in [3.63, 3.8) is 0 Å². The number of aromatic nitrogens is 1. The predicted molar refractivity (Wildman–Crippen MR) is 113 cm³/mol. The highest BCUT2D eigenvalue weighted by atomic mass is 35.5. The molecule has 152 valence electrons. The highest BCUT2D eigenvalue weighted by Gasteiger charge is 2.25. The Bertz CT molecular complexity index is 840. The summed E-state index contributed by atoms with van der Waals surface area (Å²) in [5, 5.41) is 16.0. The summed E-state index contributed by atoms with van der Waals surface area (Å²) in [5.74, 6) is 0.0958. The van der Waals surface area contributed by atoms with Crippen LogP contribution in [0, 0.1) is 19.1 Å². The predicted octanol–water partition coefficient (Wildman–Crippen LogP) is 5.15. The number of benzene rings is 1. The van der Waals surface area contributed by atoms with E-state index in [1.165, 1.54) is 0 Å². The van der Waals surface area contributed by atoms with Crippen molar-refractivity contribution in [1.29, 1.82) is 0 Å². The fourth-order valence-electron chi connectivity index (χ4n) is 3.20. The zero-order valence-electron chi connectivity index (χ0n) is 17.3. The molecule has 1 aromatic heterocycles. The number of aryl methyl sites for hydroxylation is 3. The summed E-state index contributed by atoms with van der Waals surface area (Å²) < 4.78 is 6.62. The quantitative estimate of drug-likeness (QED) is 0.376. The smallest absolute Gasteiger partial charge is 0.265 e. The minimum absolute atomic E-state index is 0.274. The summed E-state index contributed by atoms with van der Waals surface area (Å²) in [6, 6.07) is 5.36. The number of nitrogens with zero attached hydrogens (tertiary/aromatic N) is 1. The van der Waals surface area contributed by atoms with Crippen LogP contribution in [0.25, 0.3) is 0 Å². The van der Waals surface area contributed by atoms with E-state index in [0.29, 0.717) is 28.8 Å². The van der Waals surface area contributed by atoms with E-state index in [0.717, 1.165) is 47.2 Å². The van der Waals surface area contributed by atoms with E-state index in [2.05, 4.69) is 12.2 Å². The zero-order valence-corrected chi connectivity index (χ0v) is 18.1. The average molecular weight is 405 g/mol. The maximum atomic E-state index is 13.2. The van der Waals surface area contributed by atoms with Gasteiger partial charge in [0, 0.05) is 30.6 Å². The third-order valence-corrected chi connectivity index (χ3v) is 5.04. The van der Waals surface area contributed by atoms with Crippen molar-refractivity contribution >= 4 is 23.2 Å². The van der Waals surface area contributed by atoms with Crippen LogP contribution in [0.4, 0.5) is 5.69 Å². The van der Waals surface area contributed by atoms with Crippen molar-refractivity contribution in [1.82, 2.24) is 0 Å². The normalized spacial score (nSPS) is 10.8. The van der Waals surface area contributed by atoms with Crippen LogP contribution in [0.3, 0.4) is 0 Å². The standard InChI is InChI=1S/C22H29ClN2O3/c1-6-9-10-28-19-11-14(4)25(27)15(5)20(19)22(26)24-21-16(7-2)12-18(23)13-17(21)8-3/h11-13H,6-10H2,1-5H3,(H,24,26). The van der Waals surface area contributed by atoms with Crippen molar-refractivity contribution in [2.24, 2.45) is 0 Å². The minimum atomic E-state index is -0.347. The lowest BCUT2D eigenvalue weighted by Crippen LogP contribution is -2.37. The molecule has 1 heterocycles. The Hall–Kier alpha value is -2.27. The molecule has 0 atom stereocenters. The fourth-order valence-corrected chi connectivity index (χ4v) is 3.46. The molecule has 1 amide bonds. The molecular formula is C22H29ClN2O3. The number of unbranched alkanes of at least 4 members (excludes halogenated alkanes) is 1. The van der Waals surface area contributed by atoms with Gasteiger partial charge in [0.1, 0.15) is 11.3 Å². The number of nitrogens with one attached hydrogen (secondary N) is 1. The Morgan fingerprint density at radius 3 is 2.29 bits per heavy atom. The lowest BCUT2D eigenvalue weighted by atomic mass is 10.0. The van der Waals surface area contributed by atoms with Crippen molar-refractivity contribution in [3.05, 3.63) is 56.5 Å². The SMILES string of the molecule is CCCCOc1cc(C)[n+]([O-])c(C)c1C(=O)Nc1c(CC)cc(Cl)cc1CC. The molecule has 1 aromatic carbocycles. The van der Waals surface area contributed by atoms with Gasteiger partial charge in [0.25, 0.3) is 5.91 Å². The third kappa shape index (κ3) is 4.76. The molecule has 2 aromatic rings. The molecule has 0 fully saturated rings. The number of carbonyl (C=O) groups is 1. The first-order chi connectivity index (χ1) is 13.3. The van der Waals surface area contributed by atoms with E-state index in [9.17, 15) is 10.0 Å². The van der Waals surface area contributed by atoms with Gasteiger partial charge in [-0.1, -0.05) is 38.8 Å². The highest BCUT2D eigenvalue weighted by Crippen LogP contribution is 2.29. The Kier molecular flexibility index (Phi) is 7.69. The van der Waals surface area contributed by atoms with E-state index in [1.807, 2.05) is 26.0 Å². The van der Waals surface area contributed by atoms with E-state index in [-0.39, 0.29) is 11.5 Å². The van der Waals surface area contributed by atoms with Gasteiger partial charge in [0.15, 0.2) is 5.69 Å². The summed E-state index contributed by atoms with van der Waals surface area (Å²) in [6.07, 6.45) is 3.33.